The molecule has 21 heavy (non-hydrogen) atoms. The zero-order valence-electron chi connectivity index (χ0n) is 12.5. The molecule has 0 saturated heterocycles. The average Bonchev–Trinajstić information content (AvgIpc) is 2.34. The van der Waals surface area contributed by atoms with Gasteiger partial charge in [0, 0.05) is 12.6 Å². The monoisotopic (exact) mass is 294 g/mol. The zero-order valence-corrected chi connectivity index (χ0v) is 12.5. The molecule has 0 spiro atoms. The Kier molecular flexibility index (Phi) is 5.72. The molecule has 1 rings (SSSR count). The van der Waals surface area contributed by atoms with Gasteiger partial charge in [-0.3, -0.25) is 0 Å². The van der Waals surface area contributed by atoms with E-state index in [9.17, 15) is 14.7 Å². The highest BCUT2D eigenvalue weighted by molar-refractivity contribution is 5.87. The van der Waals surface area contributed by atoms with Crippen LogP contribution in [0.25, 0.3) is 0 Å². The van der Waals surface area contributed by atoms with Gasteiger partial charge in [-0.1, -0.05) is 12.1 Å². The Morgan fingerprint density at radius 3 is 2.29 bits per heavy atom. The van der Waals surface area contributed by atoms with Crippen molar-refractivity contribution in [2.75, 3.05) is 0 Å². The van der Waals surface area contributed by atoms with Gasteiger partial charge in [-0.15, -0.1) is 0 Å². The van der Waals surface area contributed by atoms with Crippen LogP contribution in [0.5, 0.6) is 0 Å². The van der Waals surface area contributed by atoms with Crippen molar-refractivity contribution in [3.63, 3.8) is 0 Å². The molecule has 1 unspecified atom stereocenters. The van der Waals surface area contributed by atoms with E-state index in [0.717, 1.165) is 5.56 Å². The van der Waals surface area contributed by atoms with Crippen LogP contribution in [0.1, 0.15) is 43.1 Å². The summed E-state index contributed by atoms with van der Waals surface area (Å²) in [6.07, 6.45) is 0.452. The molecule has 0 aliphatic rings. The van der Waals surface area contributed by atoms with Gasteiger partial charge in [-0.05, 0) is 44.9 Å². The van der Waals surface area contributed by atoms with Crippen LogP contribution in [0.15, 0.2) is 24.3 Å². The van der Waals surface area contributed by atoms with Crippen LogP contribution in [0.2, 0.25) is 0 Å². The summed E-state index contributed by atoms with van der Waals surface area (Å²) in [5.41, 5.74) is 0.187. The zero-order chi connectivity index (χ0) is 16.0. The van der Waals surface area contributed by atoms with Gasteiger partial charge >= 0.3 is 12.0 Å². The maximum absolute atomic E-state index is 11.7. The lowest BCUT2D eigenvalue weighted by molar-refractivity contribution is 0.0623. The highest BCUT2D eigenvalue weighted by Gasteiger charge is 2.18. The van der Waals surface area contributed by atoms with E-state index in [1.807, 2.05) is 6.92 Å². The average molecular weight is 294 g/mol. The van der Waals surface area contributed by atoms with Gasteiger partial charge in [0.1, 0.15) is 0 Å². The molecule has 4 N–H and O–H groups in total. The highest BCUT2D eigenvalue weighted by atomic mass is 16.4. The molecule has 2 amide bonds. The van der Waals surface area contributed by atoms with Crippen LogP contribution in [0, 0.1) is 0 Å². The lowest BCUT2D eigenvalue weighted by Gasteiger charge is -2.23. The molecule has 0 fully saturated rings. The maximum Gasteiger partial charge on any atom is 0.335 e. The first-order valence-electron chi connectivity index (χ1n) is 6.76. The fourth-order valence-corrected chi connectivity index (χ4v) is 2.02. The topological polar surface area (TPSA) is 98.7 Å². The van der Waals surface area contributed by atoms with Crippen molar-refractivity contribution in [2.24, 2.45) is 0 Å². The van der Waals surface area contributed by atoms with Gasteiger partial charge in [-0.25, -0.2) is 9.59 Å². The second kappa shape index (κ2) is 7.08. The number of carboxylic acid groups (broad SMARTS) is 1. The summed E-state index contributed by atoms with van der Waals surface area (Å²) < 4.78 is 0. The normalized spacial score (nSPS) is 12.6. The van der Waals surface area contributed by atoms with Gasteiger partial charge in [0.05, 0.1) is 11.2 Å². The fourth-order valence-electron chi connectivity index (χ4n) is 2.02. The third-order valence-corrected chi connectivity index (χ3v) is 2.84. The summed E-state index contributed by atoms with van der Waals surface area (Å²) in [5, 5.41) is 23.9. The maximum atomic E-state index is 11.7. The first-order valence-corrected chi connectivity index (χ1v) is 6.76. The number of carboxylic acids is 1. The van der Waals surface area contributed by atoms with Crippen molar-refractivity contribution in [1.82, 2.24) is 10.6 Å². The smallest absolute Gasteiger partial charge is 0.335 e. The number of aliphatic hydroxyl groups is 1. The molecule has 0 aliphatic carbocycles. The van der Waals surface area contributed by atoms with Crippen LogP contribution < -0.4 is 10.6 Å². The first-order chi connectivity index (χ1) is 9.67. The van der Waals surface area contributed by atoms with E-state index in [1.165, 1.54) is 12.1 Å². The van der Waals surface area contributed by atoms with Crippen LogP contribution in [-0.4, -0.2) is 33.9 Å². The number of aromatic carboxylic acids is 1. The van der Waals surface area contributed by atoms with Crippen molar-refractivity contribution in [1.29, 1.82) is 0 Å². The van der Waals surface area contributed by atoms with Crippen molar-refractivity contribution >= 4 is 12.0 Å². The number of urea groups is 1. The van der Waals surface area contributed by atoms with Crippen molar-refractivity contribution in [3.05, 3.63) is 35.4 Å². The van der Waals surface area contributed by atoms with E-state index in [0.29, 0.717) is 13.0 Å². The van der Waals surface area contributed by atoms with Crippen molar-refractivity contribution in [2.45, 2.75) is 45.4 Å². The Morgan fingerprint density at radius 2 is 1.81 bits per heavy atom. The minimum atomic E-state index is -0.979. The molecule has 6 heteroatoms. The van der Waals surface area contributed by atoms with Gasteiger partial charge in [0.2, 0.25) is 0 Å². The molecule has 0 aromatic heterocycles. The number of rotatable bonds is 6. The predicted molar refractivity (Wildman–Crippen MR) is 79.1 cm³/mol. The molecule has 1 atom stereocenters. The summed E-state index contributed by atoms with van der Waals surface area (Å²) in [5.74, 6) is -0.979. The van der Waals surface area contributed by atoms with Crippen LogP contribution in [-0.2, 0) is 6.54 Å². The molecule has 6 nitrogen and oxygen atoms in total. The Hall–Kier alpha value is -2.08. The van der Waals surface area contributed by atoms with E-state index in [4.69, 9.17) is 5.11 Å². The molecule has 116 valence electrons. The molecule has 0 bridgehead atoms. The number of amides is 2. The van der Waals surface area contributed by atoms with E-state index in [-0.39, 0.29) is 17.6 Å². The third kappa shape index (κ3) is 6.76. The lowest BCUT2D eigenvalue weighted by atomic mass is 10.0. The molecular weight excluding hydrogens is 272 g/mol. The first kappa shape index (κ1) is 17.0. The second-order valence-electron chi connectivity index (χ2n) is 5.75. The predicted octanol–water partition coefficient (Wildman–Crippen LogP) is 1.73. The number of benzene rings is 1. The molecule has 1 aromatic carbocycles. The molecule has 0 radical (unpaired) electrons. The Morgan fingerprint density at radius 1 is 1.24 bits per heavy atom. The van der Waals surface area contributed by atoms with Gasteiger partial charge in [0.15, 0.2) is 0 Å². The van der Waals surface area contributed by atoms with Crippen molar-refractivity contribution in [3.8, 4) is 0 Å². The number of carbonyl (C=O) groups is 2. The van der Waals surface area contributed by atoms with Crippen LogP contribution in [0.4, 0.5) is 4.79 Å². The van der Waals surface area contributed by atoms with E-state index in [2.05, 4.69) is 10.6 Å². The Labute approximate surface area is 124 Å². The molecule has 1 aromatic rings. The fraction of sp³-hybridized carbons (Fsp3) is 0.467. The summed E-state index contributed by atoms with van der Waals surface area (Å²) in [7, 11) is 0. The third-order valence-electron chi connectivity index (χ3n) is 2.84. The highest BCUT2D eigenvalue weighted by Crippen LogP contribution is 2.10. The van der Waals surface area contributed by atoms with E-state index >= 15 is 0 Å². The molecule has 0 heterocycles. The number of carbonyl (C=O) groups excluding carboxylic acids is 1. The van der Waals surface area contributed by atoms with Crippen molar-refractivity contribution < 1.29 is 19.8 Å². The quantitative estimate of drug-likeness (QED) is 0.642. The summed E-state index contributed by atoms with van der Waals surface area (Å²) in [4.78, 5) is 22.4. The van der Waals surface area contributed by atoms with Gasteiger partial charge in [0.25, 0.3) is 0 Å². The van der Waals surface area contributed by atoms with E-state index < -0.39 is 11.6 Å². The van der Waals surface area contributed by atoms with Gasteiger partial charge < -0.3 is 20.8 Å². The largest absolute Gasteiger partial charge is 0.478 e. The number of hydrogen-bond acceptors (Lipinski definition) is 3. The van der Waals surface area contributed by atoms with E-state index in [1.54, 1.807) is 26.0 Å². The summed E-state index contributed by atoms with van der Waals surface area (Å²) in [6.45, 7) is 5.50. The molecular formula is C15H22N2O4. The lowest BCUT2D eigenvalue weighted by Crippen LogP contribution is -2.43. The summed E-state index contributed by atoms with van der Waals surface area (Å²) in [6, 6.07) is 5.82. The van der Waals surface area contributed by atoms with Gasteiger partial charge in [-0.2, -0.15) is 0 Å². The Bertz CT molecular complexity index is 491. The second-order valence-corrected chi connectivity index (χ2v) is 5.75. The number of hydrogen-bond donors (Lipinski definition) is 4. The van der Waals surface area contributed by atoms with Crippen LogP contribution in [0.3, 0.4) is 0 Å². The minimum absolute atomic E-state index is 0.153. The molecule has 0 aliphatic heterocycles. The molecule has 0 saturated carbocycles. The minimum Gasteiger partial charge on any atom is -0.478 e. The Balaban J connectivity index is 2.41. The number of nitrogens with one attached hydrogen (secondary N) is 2. The van der Waals surface area contributed by atoms with Crippen LogP contribution >= 0.6 is 0 Å². The standard InChI is InChI=1S/C15H22N2O4/c1-10(8-15(2,3)21)17-14(20)16-9-11-4-6-12(7-5-11)13(18)19/h4-7,10,21H,8-9H2,1-3H3,(H,18,19)(H2,16,17,20). The SMILES string of the molecule is CC(CC(C)(C)O)NC(=O)NCc1ccc(C(=O)O)cc1. The summed E-state index contributed by atoms with van der Waals surface area (Å²) >= 11 is 0.